The Morgan fingerprint density at radius 2 is 1.89 bits per heavy atom. The van der Waals surface area contributed by atoms with Crippen LogP contribution in [0, 0.1) is 11.8 Å². The third-order valence-electron chi connectivity index (χ3n) is 4.02. The standard InChI is InChI=1S/C15H31N3O/c1-11(2)17-15(5,14(16)19)6-7-18-9-12(3)8-13(4)10-18/h11-13,17H,6-10H2,1-5H3,(H2,16,19). The normalized spacial score (nSPS) is 28.3. The summed E-state index contributed by atoms with van der Waals surface area (Å²) in [5.74, 6) is 1.25. The maximum absolute atomic E-state index is 11.7. The highest BCUT2D eigenvalue weighted by Crippen LogP contribution is 2.22. The van der Waals surface area contributed by atoms with E-state index in [4.69, 9.17) is 5.73 Å². The maximum atomic E-state index is 11.7. The van der Waals surface area contributed by atoms with Gasteiger partial charge < -0.3 is 16.0 Å². The van der Waals surface area contributed by atoms with E-state index in [0.717, 1.165) is 37.9 Å². The molecule has 1 rings (SSSR count). The van der Waals surface area contributed by atoms with Crippen molar-refractivity contribution in [1.29, 1.82) is 0 Å². The molecule has 4 nitrogen and oxygen atoms in total. The van der Waals surface area contributed by atoms with Crippen LogP contribution in [0.2, 0.25) is 0 Å². The molecular formula is C15H31N3O. The molecular weight excluding hydrogens is 238 g/mol. The van der Waals surface area contributed by atoms with Gasteiger partial charge in [-0.15, -0.1) is 0 Å². The highest BCUT2D eigenvalue weighted by Gasteiger charge is 2.32. The Kier molecular flexibility index (Phi) is 5.81. The molecule has 1 aliphatic heterocycles. The second-order valence-electron chi connectivity index (χ2n) is 6.95. The Balaban J connectivity index is 2.54. The molecule has 3 N–H and O–H groups in total. The highest BCUT2D eigenvalue weighted by molar-refractivity contribution is 5.84. The zero-order valence-corrected chi connectivity index (χ0v) is 13.2. The number of primary amides is 1. The van der Waals surface area contributed by atoms with Crippen LogP contribution in [-0.2, 0) is 4.79 Å². The predicted octanol–water partition coefficient (Wildman–Crippen LogP) is 1.60. The van der Waals surface area contributed by atoms with Crippen LogP contribution >= 0.6 is 0 Å². The van der Waals surface area contributed by atoms with Crippen LogP contribution in [0.1, 0.15) is 47.5 Å². The van der Waals surface area contributed by atoms with Gasteiger partial charge in [0.15, 0.2) is 0 Å². The van der Waals surface area contributed by atoms with Crippen LogP contribution in [0.25, 0.3) is 0 Å². The number of hydrogen-bond acceptors (Lipinski definition) is 3. The van der Waals surface area contributed by atoms with Crippen LogP contribution in [0.15, 0.2) is 0 Å². The van der Waals surface area contributed by atoms with Crippen LogP contribution in [0.5, 0.6) is 0 Å². The number of nitrogens with two attached hydrogens (primary N) is 1. The first-order valence-corrected chi connectivity index (χ1v) is 7.53. The molecule has 0 aliphatic carbocycles. The molecule has 0 aromatic heterocycles. The van der Waals surface area contributed by atoms with Gasteiger partial charge in [-0.1, -0.05) is 13.8 Å². The number of nitrogens with one attached hydrogen (secondary N) is 1. The molecule has 3 atom stereocenters. The minimum Gasteiger partial charge on any atom is -0.368 e. The summed E-state index contributed by atoms with van der Waals surface area (Å²) in [4.78, 5) is 14.2. The van der Waals surface area contributed by atoms with Crippen molar-refractivity contribution in [2.45, 2.75) is 59.0 Å². The molecule has 1 heterocycles. The molecule has 1 fully saturated rings. The number of carbonyl (C=O) groups is 1. The van der Waals surface area contributed by atoms with Gasteiger partial charge in [0, 0.05) is 25.7 Å². The lowest BCUT2D eigenvalue weighted by Crippen LogP contribution is -2.57. The van der Waals surface area contributed by atoms with Crippen LogP contribution in [0.4, 0.5) is 0 Å². The van der Waals surface area contributed by atoms with E-state index in [9.17, 15) is 4.79 Å². The minimum absolute atomic E-state index is 0.251. The first-order valence-electron chi connectivity index (χ1n) is 7.53. The molecule has 0 saturated carbocycles. The van der Waals surface area contributed by atoms with E-state index in [1.165, 1.54) is 6.42 Å². The van der Waals surface area contributed by atoms with Crippen molar-refractivity contribution in [2.24, 2.45) is 17.6 Å². The van der Waals surface area contributed by atoms with Crippen molar-refractivity contribution >= 4 is 5.91 Å². The van der Waals surface area contributed by atoms with Gasteiger partial charge >= 0.3 is 0 Å². The van der Waals surface area contributed by atoms with E-state index in [1.54, 1.807) is 0 Å². The fourth-order valence-electron chi connectivity index (χ4n) is 3.26. The SMILES string of the molecule is CC1CC(C)CN(CCC(C)(NC(C)C)C(N)=O)C1. The molecule has 1 saturated heterocycles. The average molecular weight is 269 g/mol. The lowest BCUT2D eigenvalue weighted by atomic mass is 9.90. The second-order valence-corrected chi connectivity index (χ2v) is 6.95. The van der Waals surface area contributed by atoms with Crippen LogP contribution in [0.3, 0.4) is 0 Å². The van der Waals surface area contributed by atoms with Crippen molar-refractivity contribution in [3.8, 4) is 0 Å². The summed E-state index contributed by atoms with van der Waals surface area (Å²) < 4.78 is 0. The van der Waals surface area contributed by atoms with Gasteiger partial charge in [-0.2, -0.15) is 0 Å². The number of rotatable bonds is 6. The summed E-state index contributed by atoms with van der Waals surface area (Å²) in [6.07, 6.45) is 2.09. The summed E-state index contributed by atoms with van der Waals surface area (Å²) >= 11 is 0. The number of piperidine rings is 1. The third kappa shape index (κ3) is 5.11. The molecule has 1 aliphatic rings. The number of likely N-dealkylation sites (tertiary alicyclic amines) is 1. The van der Waals surface area contributed by atoms with E-state index >= 15 is 0 Å². The number of carbonyl (C=O) groups excluding carboxylic acids is 1. The van der Waals surface area contributed by atoms with Gasteiger partial charge in [-0.3, -0.25) is 4.79 Å². The fourth-order valence-corrected chi connectivity index (χ4v) is 3.26. The topological polar surface area (TPSA) is 58.4 Å². The minimum atomic E-state index is -0.599. The summed E-state index contributed by atoms with van der Waals surface area (Å²) in [5.41, 5.74) is 4.97. The van der Waals surface area contributed by atoms with E-state index in [0.29, 0.717) is 0 Å². The fraction of sp³-hybridized carbons (Fsp3) is 0.933. The van der Waals surface area contributed by atoms with Crippen LogP contribution in [-0.4, -0.2) is 42.0 Å². The molecule has 0 aromatic rings. The van der Waals surface area contributed by atoms with Gasteiger partial charge in [0.1, 0.15) is 0 Å². The van der Waals surface area contributed by atoms with E-state index in [1.807, 2.05) is 20.8 Å². The molecule has 112 valence electrons. The molecule has 1 amide bonds. The number of nitrogens with zero attached hydrogens (tertiary/aromatic N) is 1. The molecule has 3 unspecified atom stereocenters. The van der Waals surface area contributed by atoms with Crippen molar-refractivity contribution in [1.82, 2.24) is 10.2 Å². The van der Waals surface area contributed by atoms with E-state index in [2.05, 4.69) is 24.1 Å². The number of amides is 1. The quantitative estimate of drug-likeness (QED) is 0.770. The third-order valence-corrected chi connectivity index (χ3v) is 4.02. The first kappa shape index (κ1) is 16.4. The second kappa shape index (κ2) is 6.71. The first-order chi connectivity index (χ1) is 8.73. The zero-order chi connectivity index (χ0) is 14.6. The van der Waals surface area contributed by atoms with Crippen LogP contribution < -0.4 is 11.1 Å². The Morgan fingerprint density at radius 1 is 1.37 bits per heavy atom. The van der Waals surface area contributed by atoms with Crippen molar-refractivity contribution in [3.05, 3.63) is 0 Å². The Hall–Kier alpha value is -0.610. The van der Waals surface area contributed by atoms with Gasteiger partial charge in [0.2, 0.25) is 5.91 Å². The summed E-state index contributed by atoms with van der Waals surface area (Å²) in [6.45, 7) is 13.9. The molecule has 0 bridgehead atoms. The van der Waals surface area contributed by atoms with Gasteiger partial charge in [0.25, 0.3) is 0 Å². The molecule has 4 heteroatoms. The largest absolute Gasteiger partial charge is 0.368 e. The van der Waals surface area contributed by atoms with Gasteiger partial charge in [-0.25, -0.2) is 0 Å². The summed E-state index contributed by atoms with van der Waals surface area (Å²) in [7, 11) is 0. The van der Waals surface area contributed by atoms with E-state index < -0.39 is 5.54 Å². The highest BCUT2D eigenvalue weighted by atomic mass is 16.1. The molecule has 0 aromatic carbocycles. The lowest BCUT2D eigenvalue weighted by molar-refractivity contribution is -0.124. The van der Waals surface area contributed by atoms with Gasteiger partial charge in [0.05, 0.1) is 5.54 Å². The monoisotopic (exact) mass is 269 g/mol. The summed E-state index contributed by atoms with van der Waals surface area (Å²) in [6, 6.07) is 0.261. The molecule has 0 radical (unpaired) electrons. The van der Waals surface area contributed by atoms with Crippen molar-refractivity contribution < 1.29 is 4.79 Å². The summed E-state index contributed by atoms with van der Waals surface area (Å²) in [5, 5.41) is 3.32. The Morgan fingerprint density at radius 3 is 2.32 bits per heavy atom. The Bertz CT molecular complexity index is 296. The smallest absolute Gasteiger partial charge is 0.237 e. The van der Waals surface area contributed by atoms with Gasteiger partial charge in [-0.05, 0) is 45.4 Å². The van der Waals surface area contributed by atoms with Crippen molar-refractivity contribution in [2.75, 3.05) is 19.6 Å². The van der Waals surface area contributed by atoms with Crippen molar-refractivity contribution in [3.63, 3.8) is 0 Å². The average Bonchev–Trinajstić information content (AvgIpc) is 2.24. The lowest BCUT2D eigenvalue weighted by Gasteiger charge is -2.37. The number of hydrogen-bond donors (Lipinski definition) is 2. The Labute approximate surface area is 118 Å². The predicted molar refractivity (Wildman–Crippen MR) is 79.9 cm³/mol. The molecule has 19 heavy (non-hydrogen) atoms. The molecule has 0 spiro atoms. The van der Waals surface area contributed by atoms with E-state index in [-0.39, 0.29) is 11.9 Å². The maximum Gasteiger partial charge on any atom is 0.237 e. The zero-order valence-electron chi connectivity index (χ0n) is 13.2.